The maximum absolute atomic E-state index is 12.3. The molecule has 0 bridgehead atoms. The maximum Gasteiger partial charge on any atom is 0.224 e. The van der Waals surface area contributed by atoms with Gasteiger partial charge in [0.1, 0.15) is 0 Å². The van der Waals surface area contributed by atoms with Gasteiger partial charge in [-0.3, -0.25) is 14.5 Å². The summed E-state index contributed by atoms with van der Waals surface area (Å²) in [7, 11) is 3.78. The highest BCUT2D eigenvalue weighted by molar-refractivity contribution is 14.0. The van der Waals surface area contributed by atoms with Crippen LogP contribution in [0.4, 0.5) is 0 Å². The zero-order valence-corrected chi connectivity index (χ0v) is 17.1. The van der Waals surface area contributed by atoms with E-state index < -0.39 is 0 Å². The first-order chi connectivity index (χ1) is 12.1. The third-order valence-electron chi connectivity index (χ3n) is 5.02. The molecule has 0 aliphatic carbocycles. The van der Waals surface area contributed by atoms with Gasteiger partial charge in [0.25, 0.3) is 0 Å². The van der Waals surface area contributed by atoms with E-state index in [1.807, 2.05) is 48.1 Å². The van der Waals surface area contributed by atoms with E-state index in [-0.39, 0.29) is 42.0 Å². The zero-order valence-electron chi connectivity index (χ0n) is 14.8. The van der Waals surface area contributed by atoms with Gasteiger partial charge < -0.3 is 10.2 Å². The summed E-state index contributed by atoms with van der Waals surface area (Å²) >= 11 is 0. The molecule has 0 unspecified atom stereocenters. The lowest BCUT2D eigenvalue weighted by Gasteiger charge is -2.26. The van der Waals surface area contributed by atoms with Gasteiger partial charge in [0.15, 0.2) is 0 Å². The van der Waals surface area contributed by atoms with Crippen molar-refractivity contribution in [1.82, 2.24) is 25.0 Å². The number of hydrogen-bond acceptors (Lipinski definition) is 4. The molecule has 1 amide bonds. The Morgan fingerprint density at radius 2 is 1.96 bits per heavy atom. The summed E-state index contributed by atoms with van der Waals surface area (Å²) in [5.74, 6) is 0.153. The Morgan fingerprint density at radius 1 is 1.15 bits per heavy atom. The predicted molar refractivity (Wildman–Crippen MR) is 111 cm³/mol. The van der Waals surface area contributed by atoms with Gasteiger partial charge in [-0.25, -0.2) is 0 Å². The normalized spacial score (nSPS) is 19.8. The third-order valence-corrected chi connectivity index (χ3v) is 5.02. The number of hydrogen-bond donors (Lipinski definition) is 1. The number of likely N-dealkylation sites (N-methyl/N-ethyl adjacent to an activating group) is 1. The lowest BCUT2D eigenvalue weighted by atomic mass is 10.0. The second-order valence-electron chi connectivity index (χ2n) is 6.51. The van der Waals surface area contributed by atoms with E-state index in [1.165, 1.54) is 0 Å². The quantitative estimate of drug-likeness (QED) is 0.605. The van der Waals surface area contributed by atoms with Crippen LogP contribution in [0.25, 0.3) is 10.9 Å². The number of nitrogens with zero attached hydrogens (tertiary/aromatic N) is 4. The number of likely N-dealkylation sites (tertiary alicyclic amines) is 1. The number of aryl methyl sites for hydroxylation is 1. The number of para-hydroxylation sites is 1. The fourth-order valence-corrected chi connectivity index (χ4v) is 3.68. The lowest BCUT2D eigenvalue weighted by Crippen LogP contribution is -2.36. The fourth-order valence-electron chi connectivity index (χ4n) is 3.68. The van der Waals surface area contributed by atoms with Gasteiger partial charge >= 0.3 is 0 Å². The summed E-state index contributed by atoms with van der Waals surface area (Å²) in [5, 5.41) is 8.96. The Labute approximate surface area is 169 Å². The molecule has 1 aliphatic heterocycles. The molecule has 6 nitrogen and oxygen atoms in total. The number of fused-ring (bicyclic) bond motifs is 1. The van der Waals surface area contributed by atoms with Crippen LogP contribution >= 0.6 is 24.0 Å². The molecule has 1 saturated heterocycles. The second-order valence-corrected chi connectivity index (χ2v) is 6.51. The number of carbonyl (C=O) groups is 1. The van der Waals surface area contributed by atoms with E-state index in [0.717, 1.165) is 22.2 Å². The van der Waals surface area contributed by atoms with E-state index >= 15 is 0 Å². The average Bonchev–Trinajstić information content (AvgIpc) is 3.16. The maximum atomic E-state index is 12.3. The number of nitrogens with one attached hydrogen (secondary N) is 1. The van der Waals surface area contributed by atoms with Gasteiger partial charge in [0.05, 0.1) is 17.3 Å². The largest absolute Gasteiger partial charge is 0.336 e. The monoisotopic (exact) mass is 463 g/mol. The third kappa shape index (κ3) is 3.33. The minimum Gasteiger partial charge on any atom is -0.336 e. The summed E-state index contributed by atoms with van der Waals surface area (Å²) in [5.41, 5.74) is 3.19. The molecule has 136 valence electrons. The van der Waals surface area contributed by atoms with Crippen LogP contribution in [0.3, 0.4) is 0 Å². The molecule has 0 spiro atoms. The van der Waals surface area contributed by atoms with Crippen molar-refractivity contribution in [2.75, 3.05) is 7.05 Å². The molecular weight excluding hydrogens is 441 g/mol. The number of amides is 1. The van der Waals surface area contributed by atoms with Crippen molar-refractivity contribution < 1.29 is 4.79 Å². The van der Waals surface area contributed by atoms with Crippen molar-refractivity contribution in [3.8, 4) is 0 Å². The van der Waals surface area contributed by atoms with E-state index in [2.05, 4.69) is 33.6 Å². The van der Waals surface area contributed by atoms with Crippen molar-refractivity contribution in [3.05, 3.63) is 60.0 Å². The highest BCUT2D eigenvalue weighted by Crippen LogP contribution is 2.31. The summed E-state index contributed by atoms with van der Waals surface area (Å²) in [4.78, 5) is 18.6. The van der Waals surface area contributed by atoms with Crippen molar-refractivity contribution >= 4 is 40.8 Å². The lowest BCUT2D eigenvalue weighted by molar-refractivity contribution is -0.127. The van der Waals surface area contributed by atoms with Gasteiger partial charge in [0.2, 0.25) is 5.91 Å². The SMILES string of the molecule is CN1C(=O)C[C@@H](NCc2cccc3cccnc23)[C@@H]1c1ccnn1C.I. The second kappa shape index (κ2) is 7.71. The molecule has 3 aromatic rings. The molecule has 1 N–H and O–H groups in total. The standard InChI is InChI=1S/C19H21N5O.HI/c1-23-17(25)11-15(19(23)16-8-10-22-24(16)2)21-12-14-6-3-5-13-7-4-9-20-18(13)14;/h3-10,15,19,21H,11-12H2,1-2H3;1H/t15-,19-;/m1./s1. The van der Waals surface area contributed by atoms with Crippen LogP contribution < -0.4 is 5.32 Å². The minimum absolute atomic E-state index is 0. The molecule has 2 atom stereocenters. The number of halogens is 1. The van der Waals surface area contributed by atoms with Crippen LogP contribution in [-0.4, -0.2) is 38.7 Å². The van der Waals surface area contributed by atoms with Gasteiger partial charge in [0, 0.05) is 50.9 Å². The Kier molecular flexibility index (Phi) is 5.57. The number of carbonyl (C=O) groups excluding carboxylic acids is 1. The van der Waals surface area contributed by atoms with Crippen molar-refractivity contribution in [2.45, 2.75) is 25.0 Å². The number of rotatable bonds is 4. The molecule has 3 heterocycles. The first-order valence-corrected chi connectivity index (χ1v) is 8.44. The summed E-state index contributed by atoms with van der Waals surface area (Å²) in [6, 6.07) is 12.2. The Bertz CT molecular complexity index is 920. The summed E-state index contributed by atoms with van der Waals surface area (Å²) in [6.07, 6.45) is 4.08. The Hall–Kier alpha value is -2.00. The smallest absolute Gasteiger partial charge is 0.224 e. The minimum atomic E-state index is -0.0112. The van der Waals surface area contributed by atoms with Crippen LogP contribution in [0.2, 0.25) is 0 Å². The molecule has 1 aliphatic rings. The highest BCUT2D eigenvalue weighted by Gasteiger charge is 2.39. The van der Waals surface area contributed by atoms with Gasteiger partial charge in [-0.15, -0.1) is 24.0 Å². The topological polar surface area (TPSA) is 63.1 Å². The first-order valence-electron chi connectivity index (χ1n) is 8.44. The number of benzene rings is 1. The van der Waals surface area contributed by atoms with E-state index in [0.29, 0.717) is 13.0 Å². The van der Waals surface area contributed by atoms with Gasteiger partial charge in [-0.1, -0.05) is 24.3 Å². The van der Waals surface area contributed by atoms with Crippen LogP contribution in [-0.2, 0) is 18.4 Å². The Morgan fingerprint density at radius 3 is 2.73 bits per heavy atom. The summed E-state index contributed by atoms with van der Waals surface area (Å²) in [6.45, 7) is 0.675. The zero-order chi connectivity index (χ0) is 17.4. The average molecular weight is 463 g/mol. The summed E-state index contributed by atoms with van der Waals surface area (Å²) < 4.78 is 1.84. The van der Waals surface area contributed by atoms with Crippen LogP contribution in [0.5, 0.6) is 0 Å². The molecule has 1 aromatic carbocycles. The molecule has 0 saturated carbocycles. The van der Waals surface area contributed by atoms with Gasteiger partial charge in [-0.05, 0) is 17.7 Å². The molecule has 7 heteroatoms. The first kappa shape index (κ1) is 18.8. The fraction of sp³-hybridized carbons (Fsp3) is 0.316. The van der Waals surface area contributed by atoms with E-state index in [4.69, 9.17) is 0 Å². The van der Waals surface area contributed by atoms with Crippen LogP contribution in [0, 0.1) is 0 Å². The van der Waals surface area contributed by atoms with Crippen LogP contribution in [0.1, 0.15) is 23.7 Å². The number of aromatic nitrogens is 3. The molecule has 2 aromatic heterocycles. The van der Waals surface area contributed by atoms with Crippen molar-refractivity contribution in [3.63, 3.8) is 0 Å². The predicted octanol–water partition coefficient (Wildman–Crippen LogP) is 2.65. The van der Waals surface area contributed by atoms with Crippen molar-refractivity contribution in [2.24, 2.45) is 7.05 Å². The Balaban J connectivity index is 0.00000196. The molecule has 1 fully saturated rings. The molecule has 4 rings (SSSR count). The highest BCUT2D eigenvalue weighted by atomic mass is 127. The molecular formula is C19H22IN5O. The molecule has 26 heavy (non-hydrogen) atoms. The number of pyridine rings is 1. The van der Waals surface area contributed by atoms with Gasteiger partial charge in [-0.2, -0.15) is 5.10 Å². The van der Waals surface area contributed by atoms with E-state index in [1.54, 1.807) is 6.20 Å². The van der Waals surface area contributed by atoms with E-state index in [9.17, 15) is 4.79 Å². The molecule has 0 radical (unpaired) electrons. The van der Waals surface area contributed by atoms with Crippen molar-refractivity contribution in [1.29, 1.82) is 0 Å². The van der Waals surface area contributed by atoms with Crippen LogP contribution in [0.15, 0.2) is 48.8 Å².